The first kappa shape index (κ1) is 13.2. The molecule has 1 aromatic heterocycles. The van der Waals surface area contributed by atoms with Crippen LogP contribution in [0.25, 0.3) is 0 Å². The Morgan fingerprint density at radius 1 is 1.18 bits per heavy atom. The number of hydrogen-bond donors (Lipinski definition) is 0. The number of halogens is 4. The van der Waals surface area contributed by atoms with E-state index in [-0.39, 0.29) is 9.30 Å². The fourth-order valence-corrected chi connectivity index (χ4v) is 3.45. The van der Waals surface area contributed by atoms with Crippen molar-refractivity contribution in [3.63, 3.8) is 0 Å². The van der Waals surface area contributed by atoms with Gasteiger partial charge < -0.3 is 0 Å². The van der Waals surface area contributed by atoms with Gasteiger partial charge in [-0.1, -0.05) is 15.9 Å². The molecule has 0 saturated heterocycles. The van der Waals surface area contributed by atoms with Crippen molar-refractivity contribution in [3.8, 4) is 0 Å². The summed E-state index contributed by atoms with van der Waals surface area (Å²) >= 11 is 7.93. The van der Waals surface area contributed by atoms with E-state index in [9.17, 15) is 8.78 Å². The molecule has 1 heterocycles. The van der Waals surface area contributed by atoms with Crippen molar-refractivity contribution in [2.45, 2.75) is 11.8 Å². The van der Waals surface area contributed by atoms with Gasteiger partial charge in [0.2, 0.25) is 0 Å². The molecule has 0 fully saturated rings. The number of hydrogen-bond acceptors (Lipinski definition) is 1. The van der Waals surface area contributed by atoms with Crippen molar-refractivity contribution in [1.29, 1.82) is 0 Å². The first-order valence-electron chi connectivity index (χ1n) is 4.84. The molecule has 0 aliphatic heterocycles. The Kier molecular flexibility index (Phi) is 4.00. The average molecular weight is 382 g/mol. The standard InChI is InChI=1S/C12H8Br2F2S/c1-6-2-3-11(17-6)12(14)7-4-10(16)8(13)5-9(7)15/h2-5,12H,1H3. The van der Waals surface area contributed by atoms with Crippen LogP contribution >= 0.6 is 43.2 Å². The zero-order valence-corrected chi connectivity index (χ0v) is 12.8. The Balaban J connectivity index is 2.43. The second-order valence-electron chi connectivity index (χ2n) is 3.60. The minimum Gasteiger partial charge on any atom is -0.207 e. The minimum atomic E-state index is -0.459. The first-order chi connectivity index (χ1) is 7.99. The molecule has 2 rings (SSSR count). The molecule has 90 valence electrons. The summed E-state index contributed by atoms with van der Waals surface area (Å²) in [5, 5.41) is 0. The van der Waals surface area contributed by atoms with Crippen molar-refractivity contribution in [2.75, 3.05) is 0 Å². The SMILES string of the molecule is Cc1ccc(C(Br)c2cc(F)c(Br)cc2F)s1. The number of rotatable bonds is 2. The van der Waals surface area contributed by atoms with Gasteiger partial charge in [-0.15, -0.1) is 11.3 Å². The normalized spacial score (nSPS) is 12.8. The Bertz CT molecular complexity index is 551. The van der Waals surface area contributed by atoms with Crippen molar-refractivity contribution >= 4 is 43.2 Å². The lowest BCUT2D eigenvalue weighted by molar-refractivity contribution is 0.583. The molecule has 0 radical (unpaired) electrons. The zero-order valence-electron chi connectivity index (χ0n) is 8.81. The van der Waals surface area contributed by atoms with Crippen molar-refractivity contribution < 1.29 is 8.78 Å². The highest BCUT2D eigenvalue weighted by Gasteiger charge is 2.18. The Morgan fingerprint density at radius 2 is 1.88 bits per heavy atom. The van der Waals surface area contributed by atoms with E-state index in [1.807, 2.05) is 19.1 Å². The van der Waals surface area contributed by atoms with Crippen LogP contribution in [0, 0.1) is 18.6 Å². The molecule has 0 spiro atoms. The van der Waals surface area contributed by atoms with E-state index in [4.69, 9.17) is 0 Å². The van der Waals surface area contributed by atoms with Gasteiger partial charge in [0.25, 0.3) is 0 Å². The third-order valence-corrected chi connectivity index (χ3v) is 5.29. The number of alkyl halides is 1. The zero-order chi connectivity index (χ0) is 12.6. The molecule has 2 aromatic rings. The summed E-state index contributed by atoms with van der Waals surface area (Å²) in [4.78, 5) is 1.79. The van der Waals surface area contributed by atoms with Gasteiger partial charge in [0.05, 0.1) is 9.30 Å². The summed E-state index contributed by atoms with van der Waals surface area (Å²) in [6, 6.07) is 6.24. The van der Waals surface area contributed by atoms with Crippen LogP contribution in [0.5, 0.6) is 0 Å². The summed E-state index contributed by atoms with van der Waals surface area (Å²) in [5.74, 6) is -0.884. The van der Waals surface area contributed by atoms with Crippen LogP contribution in [0.4, 0.5) is 8.78 Å². The molecular formula is C12H8Br2F2S. The molecule has 1 unspecified atom stereocenters. The van der Waals surface area contributed by atoms with Gasteiger partial charge in [0.15, 0.2) is 0 Å². The van der Waals surface area contributed by atoms with Gasteiger partial charge in [-0.05, 0) is 47.1 Å². The van der Waals surface area contributed by atoms with Crippen LogP contribution in [0.1, 0.15) is 20.1 Å². The monoisotopic (exact) mass is 380 g/mol. The third-order valence-electron chi connectivity index (χ3n) is 2.32. The van der Waals surface area contributed by atoms with Crippen LogP contribution in [0.3, 0.4) is 0 Å². The van der Waals surface area contributed by atoms with Crippen molar-refractivity contribution in [2.24, 2.45) is 0 Å². The molecule has 5 heteroatoms. The number of aryl methyl sites for hydroxylation is 1. The Labute approximate surface area is 119 Å². The van der Waals surface area contributed by atoms with Gasteiger partial charge in [-0.3, -0.25) is 0 Å². The molecule has 0 aliphatic carbocycles. The Morgan fingerprint density at radius 3 is 2.47 bits per heavy atom. The molecule has 0 saturated carbocycles. The van der Waals surface area contributed by atoms with E-state index in [2.05, 4.69) is 31.9 Å². The van der Waals surface area contributed by atoms with Gasteiger partial charge in [0, 0.05) is 15.3 Å². The molecule has 0 bridgehead atoms. The third kappa shape index (κ3) is 2.77. The molecule has 1 atom stereocenters. The summed E-state index contributed by atoms with van der Waals surface area (Å²) in [7, 11) is 0. The van der Waals surface area contributed by atoms with Gasteiger partial charge in [-0.25, -0.2) is 8.78 Å². The lowest BCUT2D eigenvalue weighted by Gasteiger charge is -2.10. The maximum absolute atomic E-state index is 13.8. The minimum absolute atomic E-state index is 0.140. The van der Waals surface area contributed by atoms with Crippen LogP contribution in [-0.4, -0.2) is 0 Å². The van der Waals surface area contributed by atoms with Crippen LogP contribution in [0.2, 0.25) is 0 Å². The molecule has 17 heavy (non-hydrogen) atoms. The fraction of sp³-hybridized carbons (Fsp3) is 0.167. The van der Waals surface area contributed by atoms with Crippen LogP contribution in [-0.2, 0) is 0 Å². The molecule has 1 aromatic carbocycles. The summed E-state index contributed by atoms with van der Waals surface area (Å²) in [5.41, 5.74) is 0.313. The average Bonchev–Trinajstić information content (AvgIpc) is 2.69. The predicted octanol–water partition coefficient (Wildman–Crippen LogP) is 5.58. The van der Waals surface area contributed by atoms with E-state index < -0.39 is 11.6 Å². The second kappa shape index (κ2) is 5.16. The van der Waals surface area contributed by atoms with E-state index in [1.54, 1.807) is 11.3 Å². The highest BCUT2D eigenvalue weighted by atomic mass is 79.9. The van der Waals surface area contributed by atoms with Gasteiger partial charge in [0.1, 0.15) is 11.6 Å². The topological polar surface area (TPSA) is 0 Å². The number of thiophene rings is 1. The maximum Gasteiger partial charge on any atom is 0.137 e. The molecule has 0 nitrogen and oxygen atoms in total. The first-order valence-corrected chi connectivity index (χ1v) is 7.36. The lowest BCUT2D eigenvalue weighted by atomic mass is 10.1. The van der Waals surface area contributed by atoms with Crippen LogP contribution < -0.4 is 0 Å². The smallest absolute Gasteiger partial charge is 0.137 e. The van der Waals surface area contributed by atoms with Gasteiger partial charge >= 0.3 is 0 Å². The maximum atomic E-state index is 13.8. The highest BCUT2D eigenvalue weighted by Crippen LogP contribution is 2.37. The number of benzene rings is 1. The van der Waals surface area contributed by atoms with E-state index in [1.165, 1.54) is 6.07 Å². The second-order valence-corrected chi connectivity index (χ2v) is 6.69. The van der Waals surface area contributed by atoms with Crippen molar-refractivity contribution in [3.05, 3.63) is 55.7 Å². The molecule has 0 aliphatic rings. The lowest BCUT2D eigenvalue weighted by Crippen LogP contribution is -1.96. The Hall–Kier alpha value is -0.260. The van der Waals surface area contributed by atoms with E-state index in [0.29, 0.717) is 5.56 Å². The largest absolute Gasteiger partial charge is 0.207 e. The molecular weight excluding hydrogens is 374 g/mol. The van der Waals surface area contributed by atoms with Crippen molar-refractivity contribution in [1.82, 2.24) is 0 Å². The van der Waals surface area contributed by atoms with Gasteiger partial charge in [-0.2, -0.15) is 0 Å². The molecule has 0 amide bonds. The fourth-order valence-electron chi connectivity index (χ4n) is 1.48. The van der Waals surface area contributed by atoms with E-state index >= 15 is 0 Å². The predicted molar refractivity (Wildman–Crippen MR) is 73.9 cm³/mol. The highest BCUT2D eigenvalue weighted by molar-refractivity contribution is 9.10. The van der Waals surface area contributed by atoms with E-state index in [0.717, 1.165) is 15.8 Å². The quantitative estimate of drug-likeness (QED) is 0.470. The van der Waals surface area contributed by atoms with Crippen LogP contribution in [0.15, 0.2) is 28.7 Å². The summed E-state index contributed by atoms with van der Waals surface area (Å²) in [6.07, 6.45) is 0. The summed E-state index contributed by atoms with van der Waals surface area (Å²) in [6.45, 7) is 1.98. The molecule has 0 N–H and O–H groups in total. The summed E-state index contributed by atoms with van der Waals surface area (Å²) < 4.78 is 27.3.